The number of nitrogens with one attached hydrogen (secondary N) is 1. The first-order chi connectivity index (χ1) is 7.57. The first-order valence-electron chi connectivity index (χ1n) is 6.16. The van der Waals surface area contributed by atoms with Crippen LogP contribution in [0.1, 0.15) is 37.1 Å². The van der Waals surface area contributed by atoms with Gasteiger partial charge in [0.1, 0.15) is 0 Å². The highest BCUT2D eigenvalue weighted by Gasteiger charge is 2.27. The minimum absolute atomic E-state index is 0.464. The van der Waals surface area contributed by atoms with E-state index in [4.69, 9.17) is 0 Å². The van der Waals surface area contributed by atoms with Gasteiger partial charge in [-0.05, 0) is 42.7 Å². The second-order valence-electron chi connectivity index (χ2n) is 5.92. The van der Waals surface area contributed by atoms with Crippen molar-refractivity contribution in [2.24, 2.45) is 5.41 Å². The van der Waals surface area contributed by atoms with Crippen LogP contribution in [0.2, 0.25) is 0 Å². The van der Waals surface area contributed by atoms with Crippen LogP contribution in [0.15, 0.2) is 18.2 Å². The lowest BCUT2D eigenvalue weighted by Crippen LogP contribution is -2.21. The van der Waals surface area contributed by atoms with Crippen LogP contribution >= 0.6 is 0 Å². The average molecular weight is 213 g/mol. The van der Waals surface area contributed by atoms with Crippen LogP contribution < -0.4 is 0 Å². The lowest BCUT2D eigenvalue weighted by Gasteiger charge is -2.29. The summed E-state index contributed by atoms with van der Waals surface area (Å²) in [6, 6.07) is 6.63. The molecule has 16 heavy (non-hydrogen) atoms. The van der Waals surface area contributed by atoms with Crippen molar-refractivity contribution in [2.45, 2.75) is 40.0 Å². The second kappa shape index (κ2) is 3.13. The van der Waals surface area contributed by atoms with E-state index in [1.807, 2.05) is 0 Å². The zero-order valence-electron chi connectivity index (χ0n) is 10.4. The summed E-state index contributed by atoms with van der Waals surface area (Å²) in [4.78, 5) is 3.62. The number of rotatable bonds is 0. The Labute approximate surface area is 96.9 Å². The minimum Gasteiger partial charge on any atom is -0.358 e. The summed E-state index contributed by atoms with van der Waals surface area (Å²) >= 11 is 0. The predicted molar refractivity (Wildman–Crippen MR) is 68.8 cm³/mol. The summed E-state index contributed by atoms with van der Waals surface area (Å²) in [5, 5.41) is 1.45. The van der Waals surface area contributed by atoms with E-state index in [0.717, 1.165) is 0 Å². The number of benzene rings is 1. The molecule has 3 rings (SSSR count). The monoisotopic (exact) mass is 213 g/mol. The molecule has 0 bridgehead atoms. The van der Waals surface area contributed by atoms with E-state index < -0.39 is 0 Å². The molecule has 1 heterocycles. The van der Waals surface area contributed by atoms with Crippen molar-refractivity contribution < 1.29 is 0 Å². The lowest BCUT2D eigenvalue weighted by molar-refractivity contribution is 0.315. The van der Waals surface area contributed by atoms with E-state index in [1.54, 1.807) is 5.56 Å². The summed E-state index contributed by atoms with van der Waals surface area (Å²) in [6.45, 7) is 6.95. The Morgan fingerprint density at radius 2 is 2.06 bits per heavy atom. The normalized spacial score (nSPS) is 18.7. The van der Waals surface area contributed by atoms with Crippen LogP contribution in [-0.4, -0.2) is 4.98 Å². The molecule has 2 aromatic rings. The van der Waals surface area contributed by atoms with Crippen molar-refractivity contribution in [3.05, 3.63) is 35.0 Å². The second-order valence-corrected chi connectivity index (χ2v) is 5.92. The van der Waals surface area contributed by atoms with Crippen LogP contribution in [0.4, 0.5) is 0 Å². The van der Waals surface area contributed by atoms with Gasteiger partial charge in [0, 0.05) is 16.6 Å². The number of hydrogen-bond acceptors (Lipinski definition) is 0. The molecule has 1 heteroatoms. The maximum absolute atomic E-state index is 3.62. The lowest BCUT2D eigenvalue weighted by atomic mass is 9.76. The van der Waals surface area contributed by atoms with Crippen LogP contribution in [-0.2, 0) is 12.8 Å². The molecule has 0 unspecified atom stereocenters. The fourth-order valence-corrected chi connectivity index (χ4v) is 2.92. The number of fused-ring (bicyclic) bond motifs is 3. The average Bonchev–Trinajstić information content (AvgIpc) is 2.57. The Morgan fingerprint density at radius 1 is 1.25 bits per heavy atom. The van der Waals surface area contributed by atoms with Gasteiger partial charge in [-0.1, -0.05) is 32.0 Å². The van der Waals surface area contributed by atoms with E-state index in [0.29, 0.717) is 5.41 Å². The highest BCUT2D eigenvalue weighted by atomic mass is 14.7. The molecule has 0 atom stereocenters. The number of hydrogen-bond donors (Lipinski definition) is 1. The Balaban J connectivity index is 2.26. The number of aromatic nitrogens is 1. The first-order valence-corrected chi connectivity index (χ1v) is 6.16. The molecule has 1 aliphatic rings. The molecule has 0 spiro atoms. The third kappa shape index (κ3) is 1.38. The smallest absolute Gasteiger partial charge is 0.0488 e. The largest absolute Gasteiger partial charge is 0.358 e. The maximum atomic E-state index is 3.62. The summed E-state index contributed by atoms with van der Waals surface area (Å²) < 4.78 is 0. The SMILES string of the molecule is Cc1cccc2c3c([nH]c12)CCC(C)(C)C3. The Hall–Kier alpha value is -1.24. The van der Waals surface area contributed by atoms with E-state index in [2.05, 4.69) is 44.0 Å². The van der Waals surface area contributed by atoms with Crippen LogP contribution in [0.25, 0.3) is 10.9 Å². The number of para-hydroxylation sites is 1. The van der Waals surface area contributed by atoms with Crippen molar-refractivity contribution >= 4 is 10.9 Å². The Morgan fingerprint density at radius 3 is 2.88 bits per heavy atom. The van der Waals surface area contributed by atoms with Gasteiger partial charge in [0.25, 0.3) is 0 Å². The van der Waals surface area contributed by atoms with Gasteiger partial charge in [0.15, 0.2) is 0 Å². The first kappa shape index (κ1) is 9.95. The van der Waals surface area contributed by atoms with Crippen molar-refractivity contribution in [3.63, 3.8) is 0 Å². The molecule has 0 fully saturated rings. The third-order valence-electron chi connectivity index (χ3n) is 3.95. The third-order valence-corrected chi connectivity index (χ3v) is 3.95. The van der Waals surface area contributed by atoms with Crippen molar-refractivity contribution in [2.75, 3.05) is 0 Å². The number of aryl methyl sites for hydroxylation is 2. The molecule has 0 amide bonds. The van der Waals surface area contributed by atoms with Gasteiger partial charge in [0.2, 0.25) is 0 Å². The van der Waals surface area contributed by atoms with Gasteiger partial charge in [-0.3, -0.25) is 0 Å². The van der Waals surface area contributed by atoms with Gasteiger partial charge < -0.3 is 4.98 Å². The maximum Gasteiger partial charge on any atom is 0.0488 e. The molecule has 1 nitrogen and oxygen atoms in total. The van der Waals surface area contributed by atoms with Crippen LogP contribution in [0.3, 0.4) is 0 Å². The molecule has 0 aliphatic heterocycles. The highest BCUT2D eigenvalue weighted by Crippen LogP contribution is 2.38. The molecule has 0 radical (unpaired) electrons. The molecule has 0 saturated carbocycles. The molecule has 1 N–H and O–H groups in total. The number of H-pyrrole nitrogens is 1. The van der Waals surface area contributed by atoms with Crippen molar-refractivity contribution in [1.82, 2.24) is 4.98 Å². The summed E-state index contributed by atoms with van der Waals surface area (Å²) in [7, 11) is 0. The summed E-state index contributed by atoms with van der Waals surface area (Å²) in [5.41, 5.74) is 6.22. The Kier molecular flexibility index (Phi) is 1.95. The fourth-order valence-electron chi connectivity index (χ4n) is 2.92. The predicted octanol–water partition coefficient (Wildman–Crippen LogP) is 3.99. The van der Waals surface area contributed by atoms with Crippen molar-refractivity contribution in [1.29, 1.82) is 0 Å². The summed E-state index contributed by atoms with van der Waals surface area (Å²) in [6.07, 6.45) is 3.72. The van der Waals surface area contributed by atoms with E-state index >= 15 is 0 Å². The van der Waals surface area contributed by atoms with Gasteiger partial charge >= 0.3 is 0 Å². The van der Waals surface area contributed by atoms with E-state index in [9.17, 15) is 0 Å². The van der Waals surface area contributed by atoms with Gasteiger partial charge in [-0.25, -0.2) is 0 Å². The van der Waals surface area contributed by atoms with E-state index in [-0.39, 0.29) is 0 Å². The van der Waals surface area contributed by atoms with Gasteiger partial charge in [-0.2, -0.15) is 0 Å². The van der Waals surface area contributed by atoms with E-state index in [1.165, 1.54) is 41.4 Å². The summed E-state index contributed by atoms with van der Waals surface area (Å²) in [5.74, 6) is 0. The topological polar surface area (TPSA) is 15.8 Å². The molecular weight excluding hydrogens is 194 g/mol. The highest BCUT2D eigenvalue weighted by molar-refractivity contribution is 5.87. The molecule has 1 aromatic carbocycles. The minimum atomic E-state index is 0.464. The standard InChI is InChI=1S/C15H19N/c1-10-5-4-6-11-12-9-15(2,3)8-7-13(12)16-14(10)11/h4-6,16H,7-9H2,1-3H3. The molecule has 1 aromatic heterocycles. The number of aromatic amines is 1. The fraction of sp³-hybridized carbons (Fsp3) is 0.467. The van der Waals surface area contributed by atoms with Crippen molar-refractivity contribution in [3.8, 4) is 0 Å². The molecule has 84 valence electrons. The van der Waals surface area contributed by atoms with Gasteiger partial charge in [-0.15, -0.1) is 0 Å². The molecular formula is C15H19N. The van der Waals surface area contributed by atoms with Crippen LogP contribution in [0, 0.1) is 12.3 Å². The van der Waals surface area contributed by atoms with Crippen LogP contribution in [0.5, 0.6) is 0 Å². The van der Waals surface area contributed by atoms with Gasteiger partial charge in [0.05, 0.1) is 0 Å². The Bertz CT molecular complexity index is 546. The quantitative estimate of drug-likeness (QED) is 0.681. The molecule has 0 saturated heterocycles. The zero-order chi connectivity index (χ0) is 11.3. The zero-order valence-corrected chi connectivity index (χ0v) is 10.4. The molecule has 1 aliphatic carbocycles.